The van der Waals surface area contributed by atoms with Crippen molar-refractivity contribution in [3.8, 4) is 5.75 Å². The summed E-state index contributed by atoms with van der Waals surface area (Å²) in [6.45, 7) is 3.83. The summed E-state index contributed by atoms with van der Waals surface area (Å²) in [6.07, 6.45) is 0. The second kappa shape index (κ2) is 6.29. The maximum absolute atomic E-state index is 5.24. The van der Waals surface area contributed by atoms with Crippen LogP contribution in [-0.4, -0.2) is 22.2 Å². The number of hydrogen-bond acceptors (Lipinski definition) is 4. The van der Waals surface area contributed by atoms with Gasteiger partial charge in [-0.05, 0) is 44.3 Å². The van der Waals surface area contributed by atoms with Crippen molar-refractivity contribution >= 4 is 29.0 Å². The van der Waals surface area contributed by atoms with Crippen molar-refractivity contribution in [2.24, 2.45) is 0 Å². The molecule has 1 aromatic heterocycles. The van der Waals surface area contributed by atoms with Crippen LogP contribution in [0.2, 0.25) is 0 Å². The second-order valence-corrected chi connectivity index (χ2v) is 4.69. The van der Waals surface area contributed by atoms with E-state index in [0.29, 0.717) is 11.1 Å². The number of aromatic nitrogens is 2. The molecule has 2 rings (SSSR count). The van der Waals surface area contributed by atoms with Crippen LogP contribution in [0.3, 0.4) is 0 Å². The van der Waals surface area contributed by atoms with Gasteiger partial charge in [-0.25, -0.2) is 9.97 Å². The molecular weight excluding hydrogens is 272 g/mol. The summed E-state index contributed by atoms with van der Waals surface area (Å²) in [5.74, 6) is 1.25. The number of methoxy groups -OCH3 is 1. The number of ether oxygens (including phenoxy) is 1. The molecule has 0 fully saturated rings. The summed E-state index contributed by atoms with van der Waals surface area (Å²) in [5.41, 5.74) is 2.62. The van der Waals surface area contributed by atoms with Crippen molar-refractivity contribution in [3.63, 3.8) is 0 Å². The molecule has 0 aliphatic carbocycles. The van der Waals surface area contributed by atoms with Gasteiger partial charge in [0.15, 0.2) is 5.11 Å². The summed E-state index contributed by atoms with van der Waals surface area (Å²) in [7, 11) is 1.62. The molecule has 0 bridgehead atoms. The third kappa shape index (κ3) is 3.89. The van der Waals surface area contributed by atoms with E-state index in [4.69, 9.17) is 17.0 Å². The normalized spacial score (nSPS) is 9.95. The standard InChI is InChI=1S/C14H16N4OS/c1-9-7-10(2)16-13(15-9)18-14(20)17-11-5-4-6-12(8-11)19-3/h4-8H,1-3H3,(H2,15,16,17,18,20). The average Bonchev–Trinajstić information content (AvgIpc) is 2.37. The summed E-state index contributed by atoms with van der Waals surface area (Å²) in [5, 5.41) is 6.46. The maximum atomic E-state index is 5.24. The minimum atomic E-state index is 0.434. The molecule has 6 heteroatoms. The van der Waals surface area contributed by atoms with Gasteiger partial charge in [-0.1, -0.05) is 6.07 Å². The largest absolute Gasteiger partial charge is 0.497 e. The van der Waals surface area contributed by atoms with Crippen LogP contribution in [0.15, 0.2) is 30.3 Å². The van der Waals surface area contributed by atoms with Crippen LogP contribution in [0.1, 0.15) is 11.4 Å². The molecule has 1 aromatic carbocycles. The van der Waals surface area contributed by atoms with Gasteiger partial charge in [-0.15, -0.1) is 0 Å². The highest BCUT2D eigenvalue weighted by Gasteiger charge is 2.03. The van der Waals surface area contributed by atoms with Gasteiger partial charge in [0.25, 0.3) is 0 Å². The van der Waals surface area contributed by atoms with E-state index >= 15 is 0 Å². The van der Waals surface area contributed by atoms with Crippen LogP contribution in [0.25, 0.3) is 0 Å². The molecule has 0 unspecified atom stereocenters. The van der Waals surface area contributed by atoms with Crippen molar-refractivity contribution in [3.05, 3.63) is 41.7 Å². The molecule has 0 saturated carbocycles. The van der Waals surface area contributed by atoms with Crippen LogP contribution < -0.4 is 15.4 Å². The van der Waals surface area contributed by atoms with Crippen molar-refractivity contribution in [2.75, 3.05) is 17.7 Å². The fraction of sp³-hybridized carbons (Fsp3) is 0.214. The summed E-state index contributed by atoms with van der Waals surface area (Å²) in [6, 6.07) is 9.42. The molecular formula is C14H16N4OS. The van der Waals surface area contributed by atoms with Gasteiger partial charge in [-0.3, -0.25) is 0 Å². The summed E-state index contributed by atoms with van der Waals surface area (Å²) < 4.78 is 5.16. The van der Waals surface area contributed by atoms with Crippen LogP contribution in [0, 0.1) is 13.8 Å². The minimum absolute atomic E-state index is 0.434. The molecule has 1 heterocycles. The maximum Gasteiger partial charge on any atom is 0.229 e. The van der Waals surface area contributed by atoms with Gasteiger partial charge in [-0.2, -0.15) is 0 Å². The molecule has 0 amide bonds. The topological polar surface area (TPSA) is 59.1 Å². The first-order chi connectivity index (χ1) is 9.56. The molecule has 0 atom stereocenters. The quantitative estimate of drug-likeness (QED) is 0.847. The Morgan fingerprint density at radius 3 is 2.45 bits per heavy atom. The number of rotatable bonds is 3. The fourth-order valence-corrected chi connectivity index (χ4v) is 1.96. The Bertz CT molecular complexity index is 610. The molecule has 104 valence electrons. The van der Waals surface area contributed by atoms with E-state index in [0.717, 1.165) is 22.8 Å². The van der Waals surface area contributed by atoms with Gasteiger partial charge in [0.05, 0.1) is 7.11 Å². The molecule has 0 spiro atoms. The Kier molecular flexibility index (Phi) is 4.47. The first kappa shape index (κ1) is 14.2. The predicted molar refractivity (Wildman–Crippen MR) is 84.3 cm³/mol. The molecule has 20 heavy (non-hydrogen) atoms. The number of nitrogens with one attached hydrogen (secondary N) is 2. The van der Waals surface area contributed by atoms with Crippen LogP contribution in [0.5, 0.6) is 5.75 Å². The highest BCUT2D eigenvalue weighted by molar-refractivity contribution is 7.80. The van der Waals surface area contributed by atoms with Gasteiger partial charge < -0.3 is 15.4 Å². The van der Waals surface area contributed by atoms with E-state index in [9.17, 15) is 0 Å². The Morgan fingerprint density at radius 2 is 1.80 bits per heavy atom. The molecule has 0 radical (unpaired) electrons. The number of aryl methyl sites for hydroxylation is 2. The summed E-state index contributed by atoms with van der Waals surface area (Å²) >= 11 is 5.24. The first-order valence-corrected chi connectivity index (χ1v) is 6.52. The van der Waals surface area contributed by atoms with Crippen LogP contribution in [0.4, 0.5) is 11.6 Å². The Labute approximate surface area is 123 Å². The smallest absolute Gasteiger partial charge is 0.229 e. The zero-order valence-electron chi connectivity index (χ0n) is 11.6. The molecule has 0 aliphatic heterocycles. The lowest BCUT2D eigenvalue weighted by molar-refractivity contribution is 0.415. The fourth-order valence-electron chi connectivity index (χ4n) is 1.75. The van der Waals surface area contributed by atoms with Gasteiger partial charge in [0.1, 0.15) is 5.75 Å². The highest BCUT2D eigenvalue weighted by Crippen LogP contribution is 2.16. The number of anilines is 2. The van der Waals surface area contributed by atoms with Crippen molar-refractivity contribution in [1.82, 2.24) is 9.97 Å². The number of thiocarbonyl (C=S) groups is 1. The van der Waals surface area contributed by atoms with E-state index in [-0.39, 0.29) is 0 Å². The number of benzene rings is 1. The van der Waals surface area contributed by atoms with E-state index in [2.05, 4.69) is 20.6 Å². The predicted octanol–water partition coefficient (Wildman–Crippen LogP) is 2.91. The molecule has 2 aromatic rings. The molecule has 0 saturated heterocycles. The Morgan fingerprint density at radius 1 is 1.10 bits per heavy atom. The van der Waals surface area contributed by atoms with Gasteiger partial charge in [0, 0.05) is 23.1 Å². The molecule has 5 nitrogen and oxygen atoms in total. The molecule has 0 aliphatic rings. The number of nitrogens with zero attached hydrogens (tertiary/aromatic N) is 2. The third-order valence-corrected chi connectivity index (χ3v) is 2.74. The van der Waals surface area contributed by atoms with E-state index < -0.39 is 0 Å². The van der Waals surface area contributed by atoms with Crippen LogP contribution >= 0.6 is 12.2 Å². The lowest BCUT2D eigenvalue weighted by atomic mass is 10.3. The first-order valence-electron chi connectivity index (χ1n) is 6.11. The van der Waals surface area contributed by atoms with Gasteiger partial charge in [0.2, 0.25) is 5.95 Å². The zero-order valence-corrected chi connectivity index (χ0v) is 12.4. The molecule has 2 N–H and O–H groups in total. The van der Waals surface area contributed by atoms with Gasteiger partial charge >= 0.3 is 0 Å². The number of hydrogen-bond donors (Lipinski definition) is 2. The van der Waals surface area contributed by atoms with Crippen molar-refractivity contribution in [1.29, 1.82) is 0 Å². The average molecular weight is 288 g/mol. The lowest BCUT2D eigenvalue weighted by Gasteiger charge is -2.11. The highest BCUT2D eigenvalue weighted by atomic mass is 32.1. The minimum Gasteiger partial charge on any atom is -0.497 e. The Hall–Kier alpha value is -2.21. The lowest BCUT2D eigenvalue weighted by Crippen LogP contribution is -2.21. The Balaban J connectivity index is 2.04. The van der Waals surface area contributed by atoms with Crippen molar-refractivity contribution in [2.45, 2.75) is 13.8 Å². The SMILES string of the molecule is COc1cccc(NC(=S)Nc2nc(C)cc(C)n2)c1. The van der Waals surface area contributed by atoms with Crippen LogP contribution in [-0.2, 0) is 0 Å². The van der Waals surface area contributed by atoms with E-state index in [1.54, 1.807) is 7.11 Å². The van der Waals surface area contributed by atoms with E-state index in [1.807, 2.05) is 44.2 Å². The zero-order chi connectivity index (χ0) is 14.5. The third-order valence-electron chi connectivity index (χ3n) is 2.54. The monoisotopic (exact) mass is 288 g/mol. The second-order valence-electron chi connectivity index (χ2n) is 4.29. The summed E-state index contributed by atoms with van der Waals surface area (Å²) in [4.78, 5) is 8.55. The van der Waals surface area contributed by atoms with E-state index in [1.165, 1.54) is 0 Å². The van der Waals surface area contributed by atoms with Crippen molar-refractivity contribution < 1.29 is 4.74 Å².